The fourth-order valence-electron chi connectivity index (χ4n) is 3.51. The molecule has 3 aromatic rings. The van der Waals surface area contributed by atoms with Gasteiger partial charge in [-0.2, -0.15) is 4.31 Å². The Labute approximate surface area is 158 Å². The van der Waals surface area contributed by atoms with Gasteiger partial charge in [-0.15, -0.1) is 0 Å². The number of aromatic nitrogens is 3. The Hall–Kier alpha value is -2.45. The highest BCUT2D eigenvalue weighted by Gasteiger charge is 2.32. The summed E-state index contributed by atoms with van der Waals surface area (Å²) in [7, 11) is -2.09. The lowest BCUT2D eigenvalue weighted by molar-refractivity contribution is 0.310. The van der Waals surface area contributed by atoms with Gasteiger partial charge in [0.05, 0.1) is 24.3 Å². The number of nitrogens with zero attached hydrogens (tertiary/aromatic N) is 3. The van der Waals surface area contributed by atoms with Gasteiger partial charge in [0.2, 0.25) is 15.9 Å². The first-order chi connectivity index (χ1) is 13.0. The Kier molecular flexibility index (Phi) is 4.61. The number of pyridine rings is 1. The van der Waals surface area contributed by atoms with Crippen LogP contribution in [0, 0.1) is 6.92 Å². The highest BCUT2D eigenvalue weighted by molar-refractivity contribution is 7.89. The first-order valence-corrected chi connectivity index (χ1v) is 10.4. The van der Waals surface area contributed by atoms with E-state index in [-0.39, 0.29) is 10.8 Å². The van der Waals surface area contributed by atoms with E-state index in [1.165, 1.54) is 23.7 Å². The molecule has 1 saturated heterocycles. The second-order valence-electron chi connectivity index (χ2n) is 6.88. The Bertz CT molecular complexity index is 1060. The number of nitrogens with one attached hydrogen (secondary N) is 1. The van der Waals surface area contributed by atoms with Crippen molar-refractivity contribution in [3.05, 3.63) is 47.9 Å². The van der Waals surface area contributed by atoms with Gasteiger partial charge < -0.3 is 9.72 Å². The van der Waals surface area contributed by atoms with Gasteiger partial charge in [0.1, 0.15) is 10.7 Å². The molecular formula is C19H22N4O3S. The lowest BCUT2D eigenvalue weighted by atomic mass is 9.99. The second kappa shape index (κ2) is 6.94. The van der Waals surface area contributed by atoms with Crippen LogP contribution in [0.4, 0.5) is 0 Å². The van der Waals surface area contributed by atoms with Gasteiger partial charge in [-0.1, -0.05) is 6.07 Å². The van der Waals surface area contributed by atoms with Crippen LogP contribution in [-0.4, -0.2) is 47.9 Å². The zero-order valence-electron chi connectivity index (χ0n) is 15.3. The van der Waals surface area contributed by atoms with Crippen molar-refractivity contribution in [1.29, 1.82) is 0 Å². The molecule has 1 aliphatic heterocycles. The van der Waals surface area contributed by atoms with Gasteiger partial charge in [0.25, 0.3) is 0 Å². The van der Waals surface area contributed by atoms with E-state index in [0.717, 1.165) is 35.3 Å². The first-order valence-electron chi connectivity index (χ1n) is 8.94. The maximum absolute atomic E-state index is 13.0. The molecule has 0 radical (unpaired) electrons. The lowest BCUT2D eigenvalue weighted by Gasteiger charge is -2.30. The fraction of sp³-hybridized carbons (Fsp3) is 0.368. The third-order valence-corrected chi connectivity index (χ3v) is 6.83. The van der Waals surface area contributed by atoms with E-state index in [1.807, 2.05) is 19.1 Å². The predicted molar refractivity (Wildman–Crippen MR) is 102 cm³/mol. The van der Waals surface area contributed by atoms with Crippen LogP contribution in [0.25, 0.3) is 11.0 Å². The molecule has 0 amide bonds. The summed E-state index contributed by atoms with van der Waals surface area (Å²) in [5.41, 5.74) is 3.07. The fourth-order valence-corrected chi connectivity index (χ4v) is 4.98. The molecule has 1 fully saturated rings. The standard InChI is InChI=1S/C19H22N4O3S/c1-13-5-7-16-17(10-13)22-19(21-16)14-4-3-9-23(12-14)27(24,25)15-6-8-18(26-2)20-11-15/h5-8,10-11,14H,3-4,9,12H2,1-2H3,(H,21,22). The number of H-pyrrole nitrogens is 1. The van der Waals surface area contributed by atoms with Crippen molar-refractivity contribution in [2.24, 2.45) is 0 Å². The number of hydrogen-bond donors (Lipinski definition) is 1. The number of hydrogen-bond acceptors (Lipinski definition) is 5. The van der Waals surface area contributed by atoms with Crippen LogP contribution in [0.1, 0.15) is 30.1 Å². The lowest BCUT2D eigenvalue weighted by Crippen LogP contribution is -2.39. The highest BCUT2D eigenvalue weighted by Crippen LogP contribution is 2.30. The van der Waals surface area contributed by atoms with E-state index in [1.54, 1.807) is 6.07 Å². The molecule has 1 unspecified atom stereocenters. The number of methoxy groups -OCH3 is 1. The summed E-state index contributed by atoms with van der Waals surface area (Å²) in [5, 5.41) is 0. The molecule has 27 heavy (non-hydrogen) atoms. The maximum Gasteiger partial charge on any atom is 0.244 e. The molecule has 3 heterocycles. The topological polar surface area (TPSA) is 88.2 Å². The molecule has 8 heteroatoms. The van der Waals surface area contributed by atoms with Gasteiger partial charge >= 0.3 is 0 Å². The number of aryl methyl sites for hydroxylation is 1. The summed E-state index contributed by atoms with van der Waals surface area (Å²) < 4.78 is 32.5. The number of piperidine rings is 1. The third-order valence-electron chi connectivity index (χ3n) is 4.98. The first kappa shape index (κ1) is 17.9. The molecule has 2 aromatic heterocycles. The number of rotatable bonds is 4. The smallest absolute Gasteiger partial charge is 0.244 e. The van der Waals surface area contributed by atoms with Crippen LogP contribution >= 0.6 is 0 Å². The van der Waals surface area contributed by atoms with Crippen LogP contribution in [0.3, 0.4) is 0 Å². The third kappa shape index (κ3) is 3.42. The second-order valence-corrected chi connectivity index (χ2v) is 8.82. The van der Waals surface area contributed by atoms with Crippen LogP contribution in [0.15, 0.2) is 41.4 Å². The van der Waals surface area contributed by atoms with Gasteiger partial charge in [-0.05, 0) is 43.5 Å². The van der Waals surface area contributed by atoms with Crippen molar-refractivity contribution in [3.8, 4) is 5.88 Å². The van der Waals surface area contributed by atoms with Gasteiger partial charge in [0.15, 0.2) is 0 Å². The average Bonchev–Trinajstić information content (AvgIpc) is 3.11. The Morgan fingerprint density at radius 1 is 1.26 bits per heavy atom. The van der Waals surface area contributed by atoms with Crippen LogP contribution in [-0.2, 0) is 10.0 Å². The summed E-state index contributed by atoms with van der Waals surface area (Å²) in [6.07, 6.45) is 3.05. The summed E-state index contributed by atoms with van der Waals surface area (Å²) in [6.45, 7) is 2.95. The van der Waals surface area contributed by atoms with Crippen LogP contribution in [0.5, 0.6) is 5.88 Å². The molecule has 1 aromatic carbocycles. The van der Waals surface area contributed by atoms with Crippen molar-refractivity contribution >= 4 is 21.1 Å². The normalized spacial score (nSPS) is 18.7. The average molecular weight is 386 g/mol. The van der Waals surface area contributed by atoms with Crippen LogP contribution in [0.2, 0.25) is 0 Å². The summed E-state index contributed by atoms with van der Waals surface area (Å²) in [4.78, 5) is 12.3. The Morgan fingerprint density at radius 3 is 2.85 bits per heavy atom. The number of aromatic amines is 1. The zero-order chi connectivity index (χ0) is 19.0. The van der Waals surface area contributed by atoms with Crippen molar-refractivity contribution in [3.63, 3.8) is 0 Å². The van der Waals surface area contributed by atoms with E-state index in [9.17, 15) is 8.42 Å². The number of ether oxygens (including phenoxy) is 1. The highest BCUT2D eigenvalue weighted by atomic mass is 32.2. The molecule has 0 saturated carbocycles. The van der Waals surface area contributed by atoms with Gasteiger partial charge in [0, 0.05) is 25.1 Å². The van der Waals surface area contributed by atoms with Crippen molar-refractivity contribution in [2.75, 3.05) is 20.2 Å². The molecule has 0 aliphatic carbocycles. The van der Waals surface area contributed by atoms with E-state index in [2.05, 4.69) is 21.0 Å². The quantitative estimate of drug-likeness (QED) is 0.745. The molecule has 142 valence electrons. The molecule has 1 aliphatic rings. The molecule has 0 spiro atoms. The number of fused-ring (bicyclic) bond motifs is 1. The Balaban J connectivity index is 1.59. The zero-order valence-corrected chi connectivity index (χ0v) is 16.2. The summed E-state index contributed by atoms with van der Waals surface area (Å²) in [5.74, 6) is 1.29. The largest absolute Gasteiger partial charge is 0.481 e. The Morgan fingerprint density at radius 2 is 2.11 bits per heavy atom. The SMILES string of the molecule is COc1ccc(S(=O)(=O)N2CCCC(c3nc4ccc(C)cc4[nH]3)C2)cn1. The van der Waals surface area contributed by atoms with Crippen molar-refractivity contribution in [2.45, 2.75) is 30.6 Å². The molecule has 4 rings (SSSR count). The number of imidazole rings is 1. The minimum atomic E-state index is -3.59. The van der Waals surface area contributed by atoms with Crippen LogP contribution < -0.4 is 4.74 Å². The molecule has 7 nitrogen and oxygen atoms in total. The van der Waals surface area contributed by atoms with Crippen molar-refractivity contribution < 1.29 is 13.2 Å². The minimum Gasteiger partial charge on any atom is -0.481 e. The van der Waals surface area contributed by atoms with E-state index >= 15 is 0 Å². The number of benzene rings is 1. The maximum atomic E-state index is 13.0. The molecule has 1 atom stereocenters. The summed E-state index contributed by atoms with van der Waals surface area (Å²) >= 11 is 0. The van der Waals surface area contributed by atoms with Crippen molar-refractivity contribution in [1.82, 2.24) is 19.3 Å². The number of sulfonamides is 1. The van der Waals surface area contributed by atoms with Gasteiger partial charge in [-0.3, -0.25) is 0 Å². The van der Waals surface area contributed by atoms with E-state index in [4.69, 9.17) is 4.74 Å². The van der Waals surface area contributed by atoms with E-state index in [0.29, 0.717) is 19.0 Å². The summed E-state index contributed by atoms with van der Waals surface area (Å²) in [6, 6.07) is 9.18. The van der Waals surface area contributed by atoms with Gasteiger partial charge in [-0.25, -0.2) is 18.4 Å². The molecule has 0 bridgehead atoms. The minimum absolute atomic E-state index is 0.0486. The monoisotopic (exact) mass is 386 g/mol. The van der Waals surface area contributed by atoms with E-state index < -0.39 is 10.0 Å². The predicted octanol–water partition coefficient (Wildman–Crippen LogP) is 2.84. The molecular weight excluding hydrogens is 364 g/mol. The molecule has 1 N–H and O–H groups in total.